The third kappa shape index (κ3) is 5.51. The summed E-state index contributed by atoms with van der Waals surface area (Å²) in [6.45, 7) is 1.52. The molecule has 46 heavy (non-hydrogen) atoms. The highest BCUT2D eigenvalue weighted by Gasteiger charge is 2.26. The van der Waals surface area contributed by atoms with E-state index in [1.807, 2.05) is 0 Å². The summed E-state index contributed by atoms with van der Waals surface area (Å²) in [5.74, 6) is 0. The van der Waals surface area contributed by atoms with Crippen molar-refractivity contribution < 1.29 is 2.85 Å². The van der Waals surface area contributed by atoms with Crippen molar-refractivity contribution in [2.75, 3.05) is 0 Å². The lowest BCUT2D eigenvalue weighted by atomic mass is 9.88. The molecule has 0 radical (unpaired) electrons. The predicted molar refractivity (Wildman–Crippen MR) is 199 cm³/mol. The molecular formula is C44H42N2. The third-order valence-electron chi connectivity index (χ3n) is 9.68. The maximum atomic E-state index is 4.11. The Balaban J connectivity index is 0.00000201. The predicted octanol–water partition coefficient (Wildman–Crippen LogP) is 11.0. The number of nitrogens with one attached hydrogen (secondary N) is 2. The molecule has 2 heteroatoms. The summed E-state index contributed by atoms with van der Waals surface area (Å²) < 4.78 is 0. The molecule has 0 fully saturated rings. The van der Waals surface area contributed by atoms with Crippen molar-refractivity contribution in [1.29, 1.82) is 0 Å². The minimum atomic E-state index is 0. The molecule has 1 aliphatic rings. The SMILES string of the molecule is C1=Cc2c(cc3ccccc3c2CN[C@H](c2ccccc2)[C@H](NCc2c3ccccc3cc3ccccc23)c2ccccc2)CC1.[HH].[HH]. The summed E-state index contributed by atoms with van der Waals surface area (Å²) in [6.07, 6.45) is 6.88. The van der Waals surface area contributed by atoms with Gasteiger partial charge < -0.3 is 10.6 Å². The second-order valence-electron chi connectivity index (χ2n) is 12.4. The smallest absolute Gasteiger partial charge is 0.0521 e. The first kappa shape index (κ1) is 28.5. The summed E-state index contributed by atoms with van der Waals surface area (Å²) in [5.41, 5.74) is 8.11. The number of rotatable bonds is 9. The fraction of sp³-hybridized carbons (Fsp3) is 0.136. The van der Waals surface area contributed by atoms with Crippen LogP contribution < -0.4 is 10.6 Å². The van der Waals surface area contributed by atoms with E-state index in [0.717, 1.165) is 25.9 Å². The zero-order chi connectivity index (χ0) is 30.7. The average molecular weight is 599 g/mol. The van der Waals surface area contributed by atoms with Crippen molar-refractivity contribution in [3.8, 4) is 0 Å². The van der Waals surface area contributed by atoms with Crippen LogP contribution in [0.2, 0.25) is 0 Å². The van der Waals surface area contributed by atoms with Gasteiger partial charge in [-0.25, -0.2) is 0 Å². The van der Waals surface area contributed by atoms with Gasteiger partial charge in [-0.1, -0.05) is 152 Å². The molecule has 0 spiro atoms. The van der Waals surface area contributed by atoms with E-state index in [1.165, 1.54) is 65.7 Å². The Labute approximate surface area is 274 Å². The number of fused-ring (bicyclic) bond motifs is 4. The van der Waals surface area contributed by atoms with E-state index in [1.54, 1.807) is 0 Å². The first-order valence-electron chi connectivity index (χ1n) is 16.5. The van der Waals surface area contributed by atoms with Gasteiger partial charge in [0.1, 0.15) is 0 Å². The monoisotopic (exact) mass is 598 g/mol. The first-order valence-corrected chi connectivity index (χ1v) is 16.5. The van der Waals surface area contributed by atoms with Crippen LogP contribution in [0.3, 0.4) is 0 Å². The highest BCUT2D eigenvalue weighted by Crippen LogP contribution is 2.35. The van der Waals surface area contributed by atoms with E-state index >= 15 is 0 Å². The fourth-order valence-electron chi connectivity index (χ4n) is 7.45. The second kappa shape index (κ2) is 12.8. The molecule has 7 aromatic rings. The quantitative estimate of drug-likeness (QED) is 0.162. The molecule has 2 nitrogen and oxygen atoms in total. The molecule has 228 valence electrons. The van der Waals surface area contributed by atoms with Crippen molar-refractivity contribution in [2.45, 2.75) is 38.0 Å². The number of aryl methyl sites for hydroxylation is 1. The minimum absolute atomic E-state index is 0. The fourth-order valence-corrected chi connectivity index (χ4v) is 7.45. The molecule has 2 N–H and O–H groups in total. The summed E-state index contributed by atoms with van der Waals surface area (Å²) in [7, 11) is 0. The summed E-state index contributed by atoms with van der Waals surface area (Å²) in [6, 6.07) is 53.1. The van der Waals surface area contributed by atoms with E-state index in [2.05, 4.69) is 168 Å². The molecule has 7 aromatic carbocycles. The normalized spacial score (nSPS) is 14.0. The van der Waals surface area contributed by atoms with Gasteiger partial charge >= 0.3 is 0 Å². The van der Waals surface area contributed by atoms with Gasteiger partial charge in [-0.05, 0) is 84.6 Å². The van der Waals surface area contributed by atoms with Gasteiger partial charge in [0.2, 0.25) is 0 Å². The molecule has 0 saturated carbocycles. The zero-order valence-corrected chi connectivity index (χ0v) is 26.0. The second-order valence-corrected chi connectivity index (χ2v) is 12.4. The maximum Gasteiger partial charge on any atom is 0.0521 e. The van der Waals surface area contributed by atoms with Gasteiger partial charge in [0, 0.05) is 15.9 Å². The number of allylic oxidation sites excluding steroid dienone is 1. The highest BCUT2D eigenvalue weighted by molar-refractivity contribution is 6.02. The van der Waals surface area contributed by atoms with Crippen LogP contribution in [-0.2, 0) is 19.5 Å². The minimum Gasteiger partial charge on any atom is -0.304 e. The van der Waals surface area contributed by atoms with Gasteiger partial charge in [0.15, 0.2) is 0 Å². The Hall–Kier alpha value is -5.02. The van der Waals surface area contributed by atoms with Crippen LogP contribution in [0, 0.1) is 0 Å². The molecule has 0 unspecified atom stereocenters. The molecule has 0 saturated heterocycles. The topological polar surface area (TPSA) is 24.1 Å². The Kier molecular flexibility index (Phi) is 7.90. The Morgan fingerprint density at radius 3 is 1.52 bits per heavy atom. The Morgan fingerprint density at radius 1 is 0.500 bits per heavy atom. The van der Waals surface area contributed by atoms with Crippen LogP contribution in [-0.4, -0.2) is 0 Å². The largest absolute Gasteiger partial charge is 0.304 e. The van der Waals surface area contributed by atoms with Crippen LogP contribution in [0.25, 0.3) is 38.4 Å². The highest BCUT2D eigenvalue weighted by atomic mass is 15.0. The van der Waals surface area contributed by atoms with Crippen molar-refractivity contribution in [2.24, 2.45) is 0 Å². The number of hydrogen-bond acceptors (Lipinski definition) is 2. The van der Waals surface area contributed by atoms with Gasteiger partial charge in [-0.15, -0.1) is 0 Å². The zero-order valence-electron chi connectivity index (χ0n) is 26.0. The Bertz CT molecular complexity index is 2120. The van der Waals surface area contributed by atoms with Crippen LogP contribution in [0.4, 0.5) is 0 Å². The first-order chi connectivity index (χ1) is 22.8. The van der Waals surface area contributed by atoms with Gasteiger partial charge in [0.25, 0.3) is 0 Å². The average Bonchev–Trinajstić information content (AvgIpc) is 3.12. The Morgan fingerprint density at radius 2 is 0.957 bits per heavy atom. The van der Waals surface area contributed by atoms with E-state index in [9.17, 15) is 0 Å². The molecule has 0 aliphatic heterocycles. The van der Waals surface area contributed by atoms with Crippen LogP contribution in [0.1, 0.15) is 54.7 Å². The molecule has 0 aromatic heterocycles. The van der Waals surface area contributed by atoms with Crippen molar-refractivity contribution in [3.05, 3.63) is 185 Å². The number of hydrogen-bond donors (Lipinski definition) is 2. The van der Waals surface area contributed by atoms with Crippen molar-refractivity contribution in [3.63, 3.8) is 0 Å². The lowest BCUT2D eigenvalue weighted by Gasteiger charge is -2.31. The van der Waals surface area contributed by atoms with Crippen molar-refractivity contribution in [1.82, 2.24) is 10.6 Å². The van der Waals surface area contributed by atoms with Crippen LogP contribution in [0.15, 0.2) is 152 Å². The third-order valence-corrected chi connectivity index (χ3v) is 9.68. The summed E-state index contributed by atoms with van der Waals surface area (Å²) in [4.78, 5) is 0. The molecule has 2 atom stereocenters. The molecule has 0 bridgehead atoms. The van der Waals surface area contributed by atoms with E-state index in [4.69, 9.17) is 0 Å². The molecule has 0 heterocycles. The molecule has 8 rings (SSSR count). The van der Waals surface area contributed by atoms with E-state index in [-0.39, 0.29) is 14.9 Å². The number of benzene rings is 7. The summed E-state index contributed by atoms with van der Waals surface area (Å²) in [5, 5.41) is 16.0. The molecular weight excluding hydrogens is 556 g/mol. The van der Waals surface area contributed by atoms with E-state index < -0.39 is 0 Å². The lowest BCUT2D eigenvalue weighted by molar-refractivity contribution is 0.382. The van der Waals surface area contributed by atoms with Crippen LogP contribution >= 0.6 is 0 Å². The van der Waals surface area contributed by atoms with Crippen molar-refractivity contribution >= 4 is 38.4 Å². The summed E-state index contributed by atoms with van der Waals surface area (Å²) >= 11 is 0. The standard InChI is InChI=1S/C44H38N2.2H2/c1-3-15-31(16-4-1)43(45-29-41-37-23-11-7-19-33(37)27-34-20-8-12-24-38(34)41)44(32-17-5-2-6-18-32)46-30-42-39-25-13-9-21-35(39)28-36-22-10-14-26-40(36)42;;/h1-9,11-21,23-28,43-46H,10,22,29-30H2;2*1H/t43-,44-;;/m1../s1. The lowest BCUT2D eigenvalue weighted by Crippen LogP contribution is -2.35. The van der Waals surface area contributed by atoms with Gasteiger partial charge in [-0.2, -0.15) is 0 Å². The molecule has 0 amide bonds. The van der Waals surface area contributed by atoms with Gasteiger partial charge in [0.05, 0.1) is 12.1 Å². The van der Waals surface area contributed by atoms with Crippen LogP contribution in [0.5, 0.6) is 0 Å². The van der Waals surface area contributed by atoms with E-state index in [0.29, 0.717) is 0 Å². The maximum absolute atomic E-state index is 4.11. The van der Waals surface area contributed by atoms with Gasteiger partial charge in [-0.3, -0.25) is 0 Å². The molecule has 1 aliphatic carbocycles.